The maximum Gasteiger partial charge on any atom is 0.322 e. The summed E-state index contributed by atoms with van der Waals surface area (Å²) < 4.78 is 26.8. The quantitative estimate of drug-likeness (QED) is 0.608. The highest BCUT2D eigenvalue weighted by atomic mass is 35.5. The number of Topliss-reactive ketones (excluding diaryl/α,β-unsaturated/α-hetero) is 1. The fourth-order valence-electron chi connectivity index (χ4n) is 2.04. The number of halogens is 2. The van der Waals surface area contributed by atoms with Crippen LogP contribution in [-0.4, -0.2) is 43.1 Å². The van der Waals surface area contributed by atoms with E-state index >= 15 is 0 Å². The van der Waals surface area contributed by atoms with Crippen LogP contribution in [0.25, 0.3) is 0 Å². The Labute approximate surface area is 174 Å². The number of alkyl halides is 2. The first kappa shape index (κ1) is 24.1. The summed E-state index contributed by atoms with van der Waals surface area (Å²) >= 11 is 10.0. The highest BCUT2D eigenvalue weighted by Gasteiger charge is 2.25. The molecule has 2 rings (SSSR count). The zero-order valence-electron chi connectivity index (χ0n) is 15.1. The van der Waals surface area contributed by atoms with E-state index < -0.39 is 22.0 Å². The third kappa shape index (κ3) is 8.39. The number of aryl methyl sites for hydroxylation is 1. The fraction of sp³-hybridized carbons (Fsp3) is 0.263. The van der Waals surface area contributed by atoms with Crippen molar-refractivity contribution in [1.82, 2.24) is 4.72 Å². The molecule has 0 fully saturated rings. The molecule has 0 aromatic heterocycles. The molecule has 152 valence electrons. The number of carboxylic acid groups (broad SMARTS) is 1. The average Bonchev–Trinajstić information content (AvgIpc) is 2.68. The summed E-state index contributed by atoms with van der Waals surface area (Å²) in [4.78, 5) is 21.3. The van der Waals surface area contributed by atoms with Crippen molar-refractivity contribution in [3.05, 3.63) is 65.7 Å². The second-order valence-electron chi connectivity index (χ2n) is 5.82. The van der Waals surface area contributed by atoms with Gasteiger partial charge in [0.05, 0.1) is 16.7 Å². The van der Waals surface area contributed by atoms with Crippen LogP contribution in [0.2, 0.25) is 0 Å². The number of aliphatic carboxylic acids is 1. The molecule has 0 saturated heterocycles. The summed E-state index contributed by atoms with van der Waals surface area (Å²) in [6.07, 6.45) is 0.0846. The Morgan fingerprint density at radius 3 is 1.96 bits per heavy atom. The summed E-state index contributed by atoms with van der Waals surface area (Å²) in [5.41, 5.74) is 1.68. The van der Waals surface area contributed by atoms with E-state index in [0.29, 0.717) is 0 Å². The van der Waals surface area contributed by atoms with Crippen molar-refractivity contribution in [2.24, 2.45) is 0 Å². The Balaban J connectivity index is 0.000000568. The molecule has 0 amide bonds. The Kier molecular flexibility index (Phi) is 10.2. The van der Waals surface area contributed by atoms with E-state index in [4.69, 9.17) is 23.2 Å². The molecular weight excluding hydrogens is 425 g/mol. The maximum absolute atomic E-state index is 12.3. The lowest BCUT2D eigenvalue weighted by Crippen LogP contribution is -2.42. The normalized spacial score (nSPS) is 11.8. The van der Waals surface area contributed by atoms with Gasteiger partial charge >= 0.3 is 5.97 Å². The number of carbonyl (C=O) groups excluding carboxylic acids is 1. The second-order valence-corrected chi connectivity index (χ2v) is 8.07. The Bertz CT molecular complexity index is 865. The number of rotatable bonds is 8. The predicted molar refractivity (Wildman–Crippen MR) is 110 cm³/mol. The van der Waals surface area contributed by atoms with E-state index in [1.54, 1.807) is 36.4 Å². The Morgan fingerprint density at radius 1 is 1.00 bits per heavy atom. The van der Waals surface area contributed by atoms with Crippen LogP contribution in [0.3, 0.4) is 0 Å². The molecular formula is C19H21Cl2NO5S. The van der Waals surface area contributed by atoms with Gasteiger partial charge in [-0.15, -0.1) is 23.2 Å². The first-order chi connectivity index (χ1) is 13.2. The zero-order valence-corrected chi connectivity index (χ0v) is 17.5. The monoisotopic (exact) mass is 445 g/mol. The van der Waals surface area contributed by atoms with Crippen LogP contribution in [0.1, 0.15) is 11.1 Å². The van der Waals surface area contributed by atoms with E-state index in [0.717, 1.165) is 11.1 Å². The van der Waals surface area contributed by atoms with Gasteiger partial charge in [-0.2, -0.15) is 4.72 Å². The summed E-state index contributed by atoms with van der Waals surface area (Å²) in [7, 11) is -3.87. The molecule has 28 heavy (non-hydrogen) atoms. The molecule has 0 aliphatic heterocycles. The summed E-state index contributed by atoms with van der Waals surface area (Å²) in [6, 6.07) is 13.9. The van der Waals surface area contributed by atoms with Crippen LogP contribution >= 0.6 is 23.2 Å². The van der Waals surface area contributed by atoms with E-state index in [-0.39, 0.29) is 28.9 Å². The molecule has 1 atom stereocenters. The van der Waals surface area contributed by atoms with E-state index in [9.17, 15) is 23.1 Å². The number of ketones is 1. The van der Waals surface area contributed by atoms with Gasteiger partial charge in [0.15, 0.2) is 5.78 Å². The van der Waals surface area contributed by atoms with Gasteiger partial charge in [-0.25, -0.2) is 8.42 Å². The van der Waals surface area contributed by atoms with Gasteiger partial charge in [0.25, 0.3) is 0 Å². The number of sulfonamides is 1. The van der Waals surface area contributed by atoms with Gasteiger partial charge in [-0.05, 0) is 31.0 Å². The summed E-state index contributed by atoms with van der Waals surface area (Å²) in [6.45, 7) is 1.85. The first-order valence-corrected chi connectivity index (χ1v) is 10.7. The lowest BCUT2D eigenvalue weighted by molar-refractivity contribution is -0.138. The maximum atomic E-state index is 12.3. The van der Waals surface area contributed by atoms with Crippen molar-refractivity contribution < 1.29 is 23.1 Å². The molecule has 2 N–H and O–H groups in total. The van der Waals surface area contributed by atoms with Crippen LogP contribution in [-0.2, 0) is 26.0 Å². The zero-order chi connectivity index (χ0) is 21.2. The van der Waals surface area contributed by atoms with Crippen molar-refractivity contribution in [2.45, 2.75) is 24.3 Å². The Morgan fingerprint density at radius 2 is 1.54 bits per heavy atom. The van der Waals surface area contributed by atoms with Crippen LogP contribution in [0.15, 0.2) is 59.5 Å². The van der Waals surface area contributed by atoms with Crippen LogP contribution in [0.4, 0.5) is 0 Å². The molecule has 2 aromatic rings. The molecule has 0 bridgehead atoms. The van der Waals surface area contributed by atoms with Gasteiger partial charge in [0.2, 0.25) is 10.0 Å². The molecule has 0 saturated carbocycles. The summed E-state index contributed by atoms with van der Waals surface area (Å²) in [5.74, 6) is -1.27. The highest BCUT2D eigenvalue weighted by Crippen LogP contribution is 2.12. The molecule has 0 heterocycles. The van der Waals surface area contributed by atoms with Crippen LogP contribution in [0.5, 0.6) is 0 Å². The largest absolute Gasteiger partial charge is 0.480 e. The van der Waals surface area contributed by atoms with Gasteiger partial charge in [0.1, 0.15) is 6.04 Å². The lowest BCUT2D eigenvalue weighted by Gasteiger charge is -2.15. The Hall–Kier alpha value is -1.93. The number of hydrogen-bond acceptors (Lipinski definition) is 4. The van der Waals surface area contributed by atoms with Crippen molar-refractivity contribution in [3.63, 3.8) is 0 Å². The average molecular weight is 446 g/mol. The smallest absolute Gasteiger partial charge is 0.322 e. The number of nitrogens with one attached hydrogen (secondary N) is 1. The van der Waals surface area contributed by atoms with Crippen molar-refractivity contribution in [3.8, 4) is 0 Å². The molecule has 0 aliphatic rings. The SMILES string of the molecule is Cc1ccc(S(=O)(=O)NC(Cc2ccccc2)C(=O)O)cc1.O=C(CCl)CCl. The number of benzene rings is 2. The van der Waals surface area contributed by atoms with Crippen molar-refractivity contribution in [1.29, 1.82) is 0 Å². The fourth-order valence-corrected chi connectivity index (χ4v) is 3.51. The lowest BCUT2D eigenvalue weighted by atomic mass is 10.1. The van der Waals surface area contributed by atoms with Gasteiger partial charge in [-0.3, -0.25) is 9.59 Å². The minimum Gasteiger partial charge on any atom is -0.480 e. The van der Waals surface area contributed by atoms with Gasteiger partial charge in [-0.1, -0.05) is 48.0 Å². The molecule has 9 heteroatoms. The van der Waals surface area contributed by atoms with E-state index in [1.165, 1.54) is 12.1 Å². The molecule has 0 radical (unpaired) electrons. The topological polar surface area (TPSA) is 101 Å². The van der Waals surface area contributed by atoms with Gasteiger partial charge in [0, 0.05) is 0 Å². The number of carboxylic acids is 1. The third-order valence-corrected chi connectivity index (χ3v) is 5.59. The summed E-state index contributed by atoms with van der Waals surface area (Å²) in [5, 5.41) is 9.26. The van der Waals surface area contributed by atoms with E-state index in [2.05, 4.69) is 4.72 Å². The van der Waals surface area contributed by atoms with E-state index in [1.807, 2.05) is 13.0 Å². The molecule has 2 aromatic carbocycles. The highest BCUT2D eigenvalue weighted by molar-refractivity contribution is 7.89. The number of carbonyl (C=O) groups is 2. The second kappa shape index (κ2) is 11.8. The van der Waals surface area contributed by atoms with Gasteiger partial charge < -0.3 is 5.11 Å². The van der Waals surface area contributed by atoms with Crippen LogP contribution < -0.4 is 4.72 Å². The third-order valence-electron chi connectivity index (χ3n) is 3.51. The predicted octanol–water partition coefficient (Wildman–Crippen LogP) is 3.00. The van der Waals surface area contributed by atoms with Crippen molar-refractivity contribution >= 4 is 45.0 Å². The standard InChI is InChI=1S/C16H17NO4S.C3H4Cl2O/c1-12-7-9-14(10-8-12)22(20,21)17-15(16(18)19)11-13-5-3-2-4-6-13;4-1-3(6)2-5/h2-10,15,17H,11H2,1H3,(H,18,19);1-2H2. The number of hydrogen-bond donors (Lipinski definition) is 2. The van der Waals surface area contributed by atoms with Crippen molar-refractivity contribution in [2.75, 3.05) is 11.8 Å². The molecule has 0 spiro atoms. The molecule has 1 unspecified atom stereocenters. The first-order valence-electron chi connectivity index (χ1n) is 8.19. The minimum atomic E-state index is -3.87. The molecule has 0 aliphatic carbocycles. The van der Waals surface area contributed by atoms with Crippen LogP contribution in [0, 0.1) is 6.92 Å². The minimum absolute atomic E-state index is 0.0312. The molecule has 6 nitrogen and oxygen atoms in total.